The van der Waals surface area contributed by atoms with Crippen molar-refractivity contribution in [3.63, 3.8) is 0 Å². The maximum atomic E-state index is 11.7. The predicted octanol–water partition coefficient (Wildman–Crippen LogP) is -0.0865. The van der Waals surface area contributed by atoms with E-state index in [0.29, 0.717) is 0 Å². The maximum Gasteiger partial charge on any atom is 0.250 e. The lowest BCUT2D eigenvalue weighted by Gasteiger charge is -2.07. The van der Waals surface area contributed by atoms with Gasteiger partial charge < -0.3 is 10.4 Å². The lowest BCUT2D eigenvalue weighted by Crippen LogP contribution is -2.33. The highest BCUT2D eigenvalue weighted by Gasteiger charge is 2.14. The van der Waals surface area contributed by atoms with Crippen LogP contribution in [0.4, 0.5) is 0 Å². The van der Waals surface area contributed by atoms with Crippen molar-refractivity contribution in [1.82, 2.24) is 10.0 Å². The minimum Gasteiger partial charge on any atom is -0.392 e. The van der Waals surface area contributed by atoms with Gasteiger partial charge in [0.25, 0.3) is 0 Å². The summed E-state index contributed by atoms with van der Waals surface area (Å²) in [6.45, 7) is 1.75. The third-order valence-electron chi connectivity index (χ3n) is 2.00. The van der Waals surface area contributed by atoms with Crippen LogP contribution in [0.1, 0.15) is 13.3 Å². The molecule has 0 radical (unpaired) electrons. The first-order valence-electron chi connectivity index (χ1n) is 5.40. The monoisotopic (exact) mass is 292 g/mol. The van der Waals surface area contributed by atoms with Crippen LogP contribution < -0.4 is 10.0 Å². The molecule has 1 aromatic rings. The van der Waals surface area contributed by atoms with E-state index < -0.39 is 16.1 Å². The first kappa shape index (κ1) is 15.1. The van der Waals surface area contributed by atoms with Gasteiger partial charge in [0.05, 0.1) is 6.10 Å². The van der Waals surface area contributed by atoms with Gasteiger partial charge in [0.2, 0.25) is 15.9 Å². The zero-order valence-corrected chi connectivity index (χ0v) is 11.6. The molecule has 0 bridgehead atoms. The second-order valence-electron chi connectivity index (χ2n) is 3.73. The van der Waals surface area contributed by atoms with E-state index in [1.807, 2.05) is 0 Å². The lowest BCUT2D eigenvalue weighted by atomic mass is 10.3. The van der Waals surface area contributed by atoms with Crippen LogP contribution in [-0.2, 0) is 14.8 Å². The number of carbonyl (C=O) groups is 1. The number of carbonyl (C=O) groups excluding carboxylic acids is 1. The van der Waals surface area contributed by atoms with Gasteiger partial charge in [-0.1, -0.05) is 6.07 Å². The number of hydrogen-bond donors (Lipinski definition) is 3. The number of sulfonamides is 1. The second-order valence-corrected chi connectivity index (χ2v) is 6.67. The summed E-state index contributed by atoms with van der Waals surface area (Å²) in [6.07, 6.45) is -0.575. The van der Waals surface area contributed by atoms with Gasteiger partial charge in [-0.05, 0) is 18.4 Å². The molecule has 0 aliphatic carbocycles. The van der Waals surface area contributed by atoms with Crippen LogP contribution >= 0.6 is 11.3 Å². The first-order valence-corrected chi connectivity index (χ1v) is 7.76. The van der Waals surface area contributed by atoms with E-state index in [1.54, 1.807) is 18.4 Å². The molecule has 0 aromatic carbocycles. The molecule has 1 rings (SSSR count). The van der Waals surface area contributed by atoms with Crippen molar-refractivity contribution in [2.45, 2.75) is 23.7 Å². The number of thiophene rings is 1. The summed E-state index contributed by atoms with van der Waals surface area (Å²) in [7, 11) is -3.50. The largest absolute Gasteiger partial charge is 0.392 e. The van der Waals surface area contributed by atoms with Crippen molar-refractivity contribution in [3.05, 3.63) is 17.5 Å². The molecular weight excluding hydrogens is 276 g/mol. The smallest absolute Gasteiger partial charge is 0.250 e. The molecule has 8 heteroatoms. The molecular formula is C10H16N2O4S2. The molecule has 1 heterocycles. The van der Waals surface area contributed by atoms with E-state index in [0.717, 1.165) is 11.3 Å². The van der Waals surface area contributed by atoms with Crippen molar-refractivity contribution in [3.8, 4) is 0 Å². The Hall–Kier alpha value is -0.960. The molecule has 0 saturated carbocycles. The Morgan fingerprint density at radius 1 is 1.56 bits per heavy atom. The number of rotatable bonds is 7. The van der Waals surface area contributed by atoms with Crippen LogP contribution in [0.5, 0.6) is 0 Å². The summed E-state index contributed by atoms with van der Waals surface area (Å²) in [4.78, 5) is 11.3. The molecule has 0 spiro atoms. The minimum atomic E-state index is -3.50. The molecule has 0 saturated heterocycles. The van der Waals surface area contributed by atoms with E-state index in [-0.39, 0.29) is 29.6 Å². The summed E-state index contributed by atoms with van der Waals surface area (Å²) in [6, 6.07) is 3.15. The van der Waals surface area contributed by atoms with E-state index in [4.69, 9.17) is 5.11 Å². The van der Waals surface area contributed by atoms with E-state index >= 15 is 0 Å². The van der Waals surface area contributed by atoms with Crippen molar-refractivity contribution >= 4 is 27.3 Å². The molecule has 0 fully saturated rings. The number of amides is 1. The number of hydrogen-bond acceptors (Lipinski definition) is 5. The lowest BCUT2D eigenvalue weighted by molar-refractivity contribution is -0.121. The van der Waals surface area contributed by atoms with E-state index in [2.05, 4.69) is 10.0 Å². The van der Waals surface area contributed by atoms with Crippen LogP contribution in [0.3, 0.4) is 0 Å². The van der Waals surface area contributed by atoms with Crippen LogP contribution in [0.2, 0.25) is 0 Å². The molecule has 0 aliphatic heterocycles. The number of nitrogens with one attached hydrogen (secondary N) is 2. The summed E-state index contributed by atoms with van der Waals surface area (Å²) >= 11 is 1.12. The summed E-state index contributed by atoms with van der Waals surface area (Å²) in [5.41, 5.74) is 0. The Morgan fingerprint density at radius 2 is 2.28 bits per heavy atom. The van der Waals surface area contributed by atoms with Crippen molar-refractivity contribution < 1.29 is 18.3 Å². The van der Waals surface area contributed by atoms with Gasteiger partial charge >= 0.3 is 0 Å². The molecule has 102 valence electrons. The van der Waals surface area contributed by atoms with Crippen molar-refractivity contribution in [2.75, 3.05) is 13.1 Å². The summed E-state index contributed by atoms with van der Waals surface area (Å²) < 4.78 is 25.9. The molecule has 0 unspecified atom stereocenters. The summed E-state index contributed by atoms with van der Waals surface area (Å²) in [5.74, 6) is -0.301. The van der Waals surface area contributed by atoms with Gasteiger partial charge in [-0.3, -0.25) is 4.79 Å². The Morgan fingerprint density at radius 3 is 2.83 bits per heavy atom. The fraction of sp³-hybridized carbons (Fsp3) is 0.500. The fourth-order valence-electron chi connectivity index (χ4n) is 1.14. The van der Waals surface area contributed by atoms with Gasteiger partial charge in [0.1, 0.15) is 4.21 Å². The topological polar surface area (TPSA) is 95.5 Å². The normalized spacial score (nSPS) is 13.2. The first-order chi connectivity index (χ1) is 8.42. The highest BCUT2D eigenvalue weighted by atomic mass is 32.2. The van der Waals surface area contributed by atoms with Crippen LogP contribution in [0.25, 0.3) is 0 Å². The van der Waals surface area contributed by atoms with Crippen LogP contribution in [0, 0.1) is 0 Å². The second kappa shape index (κ2) is 6.83. The van der Waals surface area contributed by atoms with Gasteiger partial charge in [-0.25, -0.2) is 13.1 Å². The molecule has 18 heavy (non-hydrogen) atoms. The quantitative estimate of drug-likeness (QED) is 0.654. The average molecular weight is 292 g/mol. The number of aliphatic hydroxyl groups is 1. The maximum absolute atomic E-state index is 11.7. The van der Waals surface area contributed by atoms with Gasteiger partial charge in [0, 0.05) is 19.5 Å². The third-order valence-corrected chi connectivity index (χ3v) is 4.86. The molecule has 0 aliphatic rings. The summed E-state index contributed by atoms with van der Waals surface area (Å²) in [5, 5.41) is 13.1. The van der Waals surface area contributed by atoms with Crippen molar-refractivity contribution in [2.24, 2.45) is 0 Å². The molecule has 1 aromatic heterocycles. The zero-order valence-electron chi connectivity index (χ0n) is 9.92. The molecule has 6 nitrogen and oxygen atoms in total. The molecule has 1 atom stereocenters. The van der Waals surface area contributed by atoms with Crippen molar-refractivity contribution in [1.29, 1.82) is 0 Å². The SMILES string of the molecule is C[C@H](O)CNC(=O)CCNS(=O)(=O)c1cccs1. The van der Waals surface area contributed by atoms with Gasteiger partial charge in [-0.2, -0.15) is 0 Å². The highest BCUT2D eigenvalue weighted by Crippen LogP contribution is 2.14. The van der Waals surface area contributed by atoms with Gasteiger partial charge in [0.15, 0.2) is 0 Å². The number of aliphatic hydroxyl groups excluding tert-OH is 1. The van der Waals surface area contributed by atoms with Gasteiger partial charge in [-0.15, -0.1) is 11.3 Å². The third kappa shape index (κ3) is 5.13. The Bertz CT molecular complexity index is 468. The van der Waals surface area contributed by atoms with Crippen LogP contribution in [-0.4, -0.2) is 38.6 Å². The zero-order chi connectivity index (χ0) is 13.6. The Balaban J connectivity index is 2.32. The van der Waals surface area contributed by atoms with E-state index in [1.165, 1.54) is 6.07 Å². The Kier molecular flexibility index (Phi) is 5.73. The minimum absolute atomic E-state index is 0.0336. The molecule has 1 amide bonds. The molecule has 3 N–H and O–H groups in total. The predicted molar refractivity (Wildman–Crippen MR) is 68.8 cm³/mol. The van der Waals surface area contributed by atoms with E-state index in [9.17, 15) is 13.2 Å². The standard InChI is InChI=1S/C10H16N2O4S2/c1-8(13)7-11-9(14)4-5-12-18(15,16)10-3-2-6-17-10/h2-3,6,8,12-13H,4-5,7H2,1H3,(H,11,14)/t8-/m0/s1. The van der Waals surface area contributed by atoms with Crippen LogP contribution in [0.15, 0.2) is 21.7 Å². The highest BCUT2D eigenvalue weighted by molar-refractivity contribution is 7.91. The Labute approximate surface area is 110 Å². The average Bonchev–Trinajstić information content (AvgIpc) is 2.80. The fourth-order valence-corrected chi connectivity index (χ4v) is 3.21.